The Morgan fingerprint density at radius 1 is 1.12 bits per heavy atom. The fourth-order valence-corrected chi connectivity index (χ4v) is 4.77. The molecule has 0 bridgehead atoms. The van der Waals surface area contributed by atoms with E-state index >= 15 is 0 Å². The van der Waals surface area contributed by atoms with Gasteiger partial charge in [0.25, 0.3) is 0 Å². The molecule has 2 N–H and O–H groups in total. The van der Waals surface area contributed by atoms with Gasteiger partial charge < -0.3 is 10.6 Å². The number of thiophene rings is 1. The Labute approximate surface area is 149 Å². The highest BCUT2D eigenvalue weighted by atomic mass is 35.5. The number of hydrogen-bond acceptors (Lipinski definition) is 3. The second-order valence-electron chi connectivity index (χ2n) is 6.35. The van der Waals surface area contributed by atoms with Crippen molar-refractivity contribution in [2.75, 3.05) is 6.54 Å². The molecule has 1 saturated carbocycles. The molecule has 0 saturated heterocycles. The Morgan fingerprint density at radius 3 is 2.71 bits per heavy atom. The van der Waals surface area contributed by atoms with E-state index in [0.717, 1.165) is 11.3 Å². The maximum Gasteiger partial charge on any atom is 0.309 e. The number of hydrogen-bond donors (Lipinski definition) is 2. The molecule has 3 unspecified atom stereocenters. The van der Waals surface area contributed by atoms with Crippen molar-refractivity contribution in [3.63, 3.8) is 0 Å². The van der Waals surface area contributed by atoms with Crippen LogP contribution in [0.1, 0.15) is 21.9 Å². The van der Waals surface area contributed by atoms with E-state index in [2.05, 4.69) is 34.9 Å². The first-order chi connectivity index (χ1) is 11.6. The highest BCUT2D eigenvalue weighted by Crippen LogP contribution is 2.60. The summed E-state index contributed by atoms with van der Waals surface area (Å²) in [7, 11) is 0. The van der Waals surface area contributed by atoms with Gasteiger partial charge in [0.15, 0.2) is 0 Å². The van der Waals surface area contributed by atoms with Crippen LogP contribution in [0.3, 0.4) is 0 Å². The Morgan fingerprint density at radius 2 is 1.92 bits per heavy atom. The first-order valence-electron chi connectivity index (χ1n) is 8.01. The molecule has 1 fully saturated rings. The van der Waals surface area contributed by atoms with E-state index in [1.807, 2.05) is 6.07 Å². The lowest BCUT2D eigenvalue weighted by Gasteiger charge is -2.09. The molecule has 1 aromatic carbocycles. The molecule has 2 aliphatic carbocycles. The van der Waals surface area contributed by atoms with Gasteiger partial charge in [-0.2, -0.15) is 0 Å². The summed E-state index contributed by atoms with van der Waals surface area (Å²) in [5, 5.41) is 5.39. The second kappa shape index (κ2) is 6.22. The van der Waals surface area contributed by atoms with Crippen molar-refractivity contribution < 1.29 is 9.59 Å². The van der Waals surface area contributed by atoms with Gasteiger partial charge in [-0.25, -0.2) is 0 Å². The van der Waals surface area contributed by atoms with Crippen LogP contribution in [0.15, 0.2) is 36.4 Å². The molecule has 6 heteroatoms. The molecule has 1 aromatic heterocycles. The zero-order valence-corrected chi connectivity index (χ0v) is 14.5. The molecule has 4 rings (SSSR count). The molecule has 24 heavy (non-hydrogen) atoms. The van der Waals surface area contributed by atoms with Crippen LogP contribution in [0.25, 0.3) is 0 Å². The summed E-state index contributed by atoms with van der Waals surface area (Å²) in [4.78, 5) is 24.7. The third-order valence-corrected chi connectivity index (χ3v) is 6.19. The Kier molecular flexibility index (Phi) is 4.06. The monoisotopic (exact) mass is 360 g/mol. The molecule has 0 radical (unpaired) electrons. The van der Waals surface area contributed by atoms with Crippen molar-refractivity contribution in [2.45, 2.75) is 18.9 Å². The van der Waals surface area contributed by atoms with Crippen LogP contribution < -0.4 is 10.6 Å². The van der Waals surface area contributed by atoms with Gasteiger partial charge in [0.1, 0.15) is 0 Å². The summed E-state index contributed by atoms with van der Waals surface area (Å²) in [6.45, 7) is 0.895. The van der Waals surface area contributed by atoms with Crippen molar-refractivity contribution >= 4 is 34.8 Å². The molecular formula is C18H17ClN2O2S. The topological polar surface area (TPSA) is 58.2 Å². The lowest BCUT2D eigenvalue weighted by atomic mass is 10.0. The van der Waals surface area contributed by atoms with Gasteiger partial charge in [-0.15, -0.1) is 11.3 Å². The summed E-state index contributed by atoms with van der Waals surface area (Å²) in [6.07, 6.45) is 1.09. The smallest absolute Gasteiger partial charge is 0.309 e. The van der Waals surface area contributed by atoms with Gasteiger partial charge in [0, 0.05) is 11.4 Å². The molecular weight excluding hydrogens is 344 g/mol. The van der Waals surface area contributed by atoms with Crippen LogP contribution in [-0.4, -0.2) is 18.4 Å². The highest BCUT2D eigenvalue weighted by Gasteiger charge is 2.55. The van der Waals surface area contributed by atoms with Crippen molar-refractivity contribution in [3.05, 3.63) is 56.7 Å². The summed E-state index contributed by atoms with van der Waals surface area (Å²) >= 11 is 7.23. The minimum atomic E-state index is -0.592. The van der Waals surface area contributed by atoms with Gasteiger partial charge in [-0.1, -0.05) is 35.9 Å². The van der Waals surface area contributed by atoms with Crippen LogP contribution in [0.5, 0.6) is 0 Å². The van der Waals surface area contributed by atoms with Gasteiger partial charge in [0.05, 0.1) is 10.9 Å². The number of benzene rings is 1. The van der Waals surface area contributed by atoms with Gasteiger partial charge in [0.2, 0.25) is 0 Å². The Balaban J connectivity index is 1.24. The third-order valence-electron chi connectivity index (χ3n) is 4.96. The summed E-state index contributed by atoms with van der Waals surface area (Å²) in [5.41, 5.74) is 2.85. The Hall–Kier alpha value is -1.85. The molecule has 124 valence electrons. The largest absolute Gasteiger partial charge is 0.348 e. The second-order valence-corrected chi connectivity index (χ2v) is 8.15. The van der Waals surface area contributed by atoms with E-state index < -0.39 is 11.8 Å². The standard InChI is InChI=1S/C18H17ClN2O2S/c19-15-6-5-11(24-15)8-20-17(22)18(23)21-9-14-13-7-10-3-1-2-4-12(10)16(13)14/h1-6,13-14,16H,7-9H2,(H,20,22)(H,21,23). The first kappa shape index (κ1) is 15.7. The lowest BCUT2D eigenvalue weighted by Crippen LogP contribution is -2.40. The van der Waals surface area contributed by atoms with E-state index in [4.69, 9.17) is 11.6 Å². The van der Waals surface area contributed by atoms with Crippen LogP contribution in [0.4, 0.5) is 0 Å². The van der Waals surface area contributed by atoms with Gasteiger partial charge >= 0.3 is 11.8 Å². The van der Waals surface area contributed by atoms with Crippen molar-refractivity contribution in [2.24, 2.45) is 11.8 Å². The van der Waals surface area contributed by atoms with E-state index in [1.165, 1.54) is 22.5 Å². The molecule has 2 amide bonds. The summed E-state index contributed by atoms with van der Waals surface area (Å²) in [5.74, 6) is 0.492. The van der Waals surface area contributed by atoms with Crippen LogP contribution in [-0.2, 0) is 22.6 Å². The van der Waals surface area contributed by atoms with Crippen molar-refractivity contribution in [3.8, 4) is 0 Å². The average Bonchev–Trinajstić information content (AvgIpc) is 2.92. The zero-order chi connectivity index (χ0) is 16.7. The highest BCUT2D eigenvalue weighted by molar-refractivity contribution is 7.16. The first-order valence-corrected chi connectivity index (χ1v) is 9.21. The van der Waals surface area contributed by atoms with Crippen LogP contribution in [0.2, 0.25) is 4.34 Å². The van der Waals surface area contributed by atoms with Gasteiger partial charge in [-0.05, 0) is 47.4 Å². The predicted octanol–water partition coefficient (Wildman–Crippen LogP) is 2.72. The number of nitrogens with one attached hydrogen (secondary N) is 2. The molecule has 1 heterocycles. The fraction of sp³-hybridized carbons (Fsp3) is 0.333. The van der Waals surface area contributed by atoms with E-state index in [0.29, 0.717) is 35.2 Å². The quantitative estimate of drug-likeness (QED) is 0.824. The minimum absolute atomic E-state index is 0.325. The molecule has 4 nitrogen and oxygen atoms in total. The number of carbonyl (C=O) groups excluding carboxylic acids is 2. The van der Waals surface area contributed by atoms with Crippen LogP contribution in [0, 0.1) is 11.8 Å². The maximum atomic E-state index is 11.9. The fourth-order valence-electron chi connectivity index (χ4n) is 3.75. The van der Waals surface area contributed by atoms with E-state index in [1.54, 1.807) is 6.07 Å². The van der Waals surface area contributed by atoms with Gasteiger partial charge in [-0.3, -0.25) is 9.59 Å². The normalized spacial score (nSPS) is 23.3. The molecule has 2 aliphatic rings. The number of fused-ring (bicyclic) bond motifs is 3. The zero-order valence-electron chi connectivity index (χ0n) is 12.9. The number of halogens is 1. The number of rotatable bonds is 4. The third kappa shape index (κ3) is 2.94. The predicted molar refractivity (Wildman–Crippen MR) is 94.1 cm³/mol. The summed E-state index contributed by atoms with van der Waals surface area (Å²) < 4.78 is 0.671. The van der Waals surface area contributed by atoms with E-state index in [9.17, 15) is 9.59 Å². The summed E-state index contributed by atoms with van der Waals surface area (Å²) in [6, 6.07) is 12.1. The molecule has 0 aliphatic heterocycles. The minimum Gasteiger partial charge on any atom is -0.348 e. The number of amides is 2. The maximum absolute atomic E-state index is 11.9. The average molecular weight is 361 g/mol. The molecule has 2 aromatic rings. The molecule has 0 spiro atoms. The van der Waals surface area contributed by atoms with Crippen molar-refractivity contribution in [1.82, 2.24) is 10.6 Å². The van der Waals surface area contributed by atoms with Crippen molar-refractivity contribution in [1.29, 1.82) is 0 Å². The number of carbonyl (C=O) groups is 2. The van der Waals surface area contributed by atoms with Crippen LogP contribution >= 0.6 is 22.9 Å². The molecule has 3 atom stereocenters. The SMILES string of the molecule is O=C(NCc1ccc(Cl)s1)C(=O)NCC1C2Cc3ccccc3C12. The lowest BCUT2D eigenvalue weighted by molar-refractivity contribution is -0.139. The van der Waals surface area contributed by atoms with E-state index in [-0.39, 0.29) is 0 Å². The Bertz CT molecular complexity index is 804.